The van der Waals surface area contributed by atoms with Crippen molar-refractivity contribution >= 4 is 16.6 Å². The van der Waals surface area contributed by atoms with Crippen LogP contribution in [-0.2, 0) is 0 Å². The van der Waals surface area contributed by atoms with Crippen molar-refractivity contribution in [1.82, 2.24) is 4.98 Å². The molecule has 4 nitrogen and oxygen atoms in total. The lowest BCUT2D eigenvalue weighted by molar-refractivity contribution is 0.415. The number of rotatable bonds is 3. The van der Waals surface area contributed by atoms with Crippen LogP contribution in [0.25, 0.3) is 22.2 Å². The van der Waals surface area contributed by atoms with Crippen LogP contribution in [0.15, 0.2) is 59.8 Å². The zero-order valence-electron chi connectivity index (χ0n) is 10.9. The fourth-order valence-electron chi connectivity index (χ4n) is 2.08. The lowest BCUT2D eigenvalue weighted by atomic mass is 10.1. The van der Waals surface area contributed by atoms with Crippen molar-refractivity contribution in [3.63, 3.8) is 0 Å². The molecule has 0 bridgehead atoms. The molecule has 1 aromatic heterocycles. The van der Waals surface area contributed by atoms with Crippen molar-refractivity contribution in [2.75, 3.05) is 7.11 Å². The minimum absolute atomic E-state index is 0.416. The molecule has 0 fully saturated rings. The van der Waals surface area contributed by atoms with Crippen molar-refractivity contribution in [3.05, 3.63) is 59.5 Å². The molecule has 1 heterocycles. The third kappa shape index (κ3) is 2.23. The van der Waals surface area contributed by atoms with E-state index in [2.05, 4.69) is 10.2 Å². The summed E-state index contributed by atoms with van der Waals surface area (Å²) in [6, 6.07) is 16.8. The zero-order chi connectivity index (χ0) is 13.9. The molecule has 0 aliphatic heterocycles. The second-order valence-electron chi connectivity index (χ2n) is 4.39. The standard InChI is InChI=1S/C16H12N2O2/c1-20-14-7-9-16-12(10-14)4-8-15(17-16)11-2-5-13(18-19)6-3-11/h2-10H,1H3. The number of fused-ring (bicyclic) bond motifs is 1. The maximum Gasteiger partial charge on any atom is 0.119 e. The maximum atomic E-state index is 10.4. The molecule has 0 N–H and O–H groups in total. The van der Waals surface area contributed by atoms with Crippen molar-refractivity contribution in [2.45, 2.75) is 0 Å². The number of hydrogen-bond acceptors (Lipinski definition) is 4. The Bertz CT molecular complexity index is 767. The molecule has 2 aromatic carbocycles. The highest BCUT2D eigenvalue weighted by molar-refractivity contribution is 5.83. The first kappa shape index (κ1) is 12.3. The first-order chi connectivity index (χ1) is 9.80. The van der Waals surface area contributed by atoms with Gasteiger partial charge in [0.1, 0.15) is 11.4 Å². The van der Waals surface area contributed by atoms with Crippen LogP contribution in [0.4, 0.5) is 5.69 Å². The molecule has 0 atom stereocenters. The average molecular weight is 264 g/mol. The van der Waals surface area contributed by atoms with Gasteiger partial charge in [-0.2, -0.15) is 0 Å². The second-order valence-corrected chi connectivity index (χ2v) is 4.39. The summed E-state index contributed by atoms with van der Waals surface area (Å²) in [5.41, 5.74) is 3.13. The molecular weight excluding hydrogens is 252 g/mol. The Labute approximate surface area is 116 Å². The number of nitroso groups, excluding NO2 is 1. The predicted molar refractivity (Wildman–Crippen MR) is 79.2 cm³/mol. The fraction of sp³-hybridized carbons (Fsp3) is 0.0625. The number of ether oxygens (including phenoxy) is 1. The van der Waals surface area contributed by atoms with Crippen molar-refractivity contribution in [2.24, 2.45) is 5.18 Å². The molecule has 3 aromatic rings. The van der Waals surface area contributed by atoms with Crippen molar-refractivity contribution in [3.8, 4) is 17.0 Å². The van der Waals surface area contributed by atoms with E-state index in [1.54, 1.807) is 19.2 Å². The van der Waals surface area contributed by atoms with Crippen LogP contribution in [0.5, 0.6) is 5.75 Å². The van der Waals surface area contributed by atoms with Gasteiger partial charge in [0.05, 0.1) is 18.3 Å². The number of methoxy groups -OCH3 is 1. The highest BCUT2D eigenvalue weighted by Crippen LogP contribution is 2.25. The monoisotopic (exact) mass is 264 g/mol. The van der Waals surface area contributed by atoms with Crippen LogP contribution < -0.4 is 4.74 Å². The van der Waals surface area contributed by atoms with E-state index in [1.807, 2.05) is 42.5 Å². The topological polar surface area (TPSA) is 51.6 Å². The molecule has 0 aliphatic rings. The Hall–Kier alpha value is -2.75. The Morgan fingerprint density at radius 2 is 1.80 bits per heavy atom. The molecule has 0 unspecified atom stereocenters. The SMILES string of the molecule is COc1ccc2nc(-c3ccc(N=O)cc3)ccc2c1. The average Bonchev–Trinajstić information content (AvgIpc) is 2.54. The van der Waals surface area contributed by atoms with E-state index in [0.29, 0.717) is 5.69 Å². The molecule has 0 saturated heterocycles. The van der Waals surface area contributed by atoms with E-state index in [0.717, 1.165) is 27.9 Å². The number of nitrogens with zero attached hydrogens (tertiary/aromatic N) is 2. The lowest BCUT2D eigenvalue weighted by Gasteiger charge is -2.05. The molecule has 0 radical (unpaired) electrons. The summed E-state index contributed by atoms with van der Waals surface area (Å²) in [5.74, 6) is 0.813. The predicted octanol–water partition coefficient (Wildman–Crippen LogP) is 4.31. The summed E-state index contributed by atoms with van der Waals surface area (Å²) in [6.45, 7) is 0. The largest absolute Gasteiger partial charge is 0.497 e. The van der Waals surface area contributed by atoms with Crippen molar-refractivity contribution < 1.29 is 4.74 Å². The van der Waals surface area contributed by atoms with Gasteiger partial charge in [-0.1, -0.05) is 18.2 Å². The zero-order valence-corrected chi connectivity index (χ0v) is 10.9. The minimum Gasteiger partial charge on any atom is -0.497 e. The number of benzene rings is 2. The molecule has 0 spiro atoms. The van der Waals surface area contributed by atoms with Crippen LogP contribution in [0.3, 0.4) is 0 Å². The summed E-state index contributed by atoms with van der Waals surface area (Å²) in [6.07, 6.45) is 0. The van der Waals surface area contributed by atoms with Gasteiger partial charge in [0.25, 0.3) is 0 Å². The van der Waals surface area contributed by atoms with Gasteiger partial charge >= 0.3 is 0 Å². The third-order valence-electron chi connectivity index (χ3n) is 3.16. The second kappa shape index (κ2) is 5.09. The maximum absolute atomic E-state index is 10.4. The van der Waals surface area contributed by atoms with Gasteiger partial charge < -0.3 is 4.74 Å². The first-order valence-electron chi connectivity index (χ1n) is 6.19. The molecular formula is C16H12N2O2. The van der Waals surface area contributed by atoms with E-state index in [9.17, 15) is 4.91 Å². The van der Waals surface area contributed by atoms with E-state index < -0.39 is 0 Å². The summed E-state index contributed by atoms with van der Waals surface area (Å²) in [4.78, 5) is 15.0. The van der Waals surface area contributed by atoms with Crippen LogP contribution in [-0.4, -0.2) is 12.1 Å². The van der Waals surface area contributed by atoms with Crippen LogP contribution >= 0.6 is 0 Å². The van der Waals surface area contributed by atoms with Gasteiger partial charge in [-0.25, -0.2) is 4.98 Å². The van der Waals surface area contributed by atoms with Gasteiger partial charge in [0.2, 0.25) is 0 Å². The minimum atomic E-state index is 0.416. The fourth-order valence-corrected chi connectivity index (χ4v) is 2.08. The highest BCUT2D eigenvalue weighted by atomic mass is 16.5. The third-order valence-corrected chi connectivity index (χ3v) is 3.16. The van der Waals surface area contributed by atoms with Gasteiger partial charge in [-0.05, 0) is 41.6 Å². The smallest absolute Gasteiger partial charge is 0.119 e. The Morgan fingerprint density at radius 1 is 1.00 bits per heavy atom. The van der Waals surface area contributed by atoms with E-state index in [1.165, 1.54) is 0 Å². The Balaban J connectivity index is 2.05. The number of pyridine rings is 1. The summed E-state index contributed by atoms with van der Waals surface area (Å²) in [5, 5.41) is 3.92. The number of aromatic nitrogens is 1. The van der Waals surface area contributed by atoms with Crippen LogP contribution in [0, 0.1) is 4.91 Å². The quantitative estimate of drug-likeness (QED) is 0.662. The molecule has 0 saturated carbocycles. The first-order valence-corrected chi connectivity index (χ1v) is 6.19. The molecule has 0 aliphatic carbocycles. The van der Waals surface area contributed by atoms with E-state index >= 15 is 0 Å². The van der Waals surface area contributed by atoms with Gasteiger partial charge in [0, 0.05) is 10.9 Å². The molecule has 98 valence electrons. The van der Waals surface area contributed by atoms with Gasteiger partial charge in [-0.3, -0.25) is 0 Å². The lowest BCUT2D eigenvalue weighted by Crippen LogP contribution is -1.87. The van der Waals surface area contributed by atoms with Crippen LogP contribution in [0.2, 0.25) is 0 Å². The molecule has 0 amide bonds. The normalized spacial score (nSPS) is 10.4. The Morgan fingerprint density at radius 3 is 2.50 bits per heavy atom. The number of hydrogen-bond donors (Lipinski definition) is 0. The van der Waals surface area contributed by atoms with Gasteiger partial charge in [-0.15, -0.1) is 4.91 Å². The Kier molecular flexibility index (Phi) is 3.13. The summed E-state index contributed by atoms with van der Waals surface area (Å²) >= 11 is 0. The molecule has 3 rings (SSSR count). The van der Waals surface area contributed by atoms with E-state index in [-0.39, 0.29) is 0 Å². The highest BCUT2D eigenvalue weighted by Gasteiger charge is 2.03. The molecule has 4 heteroatoms. The van der Waals surface area contributed by atoms with Gasteiger partial charge in [0.15, 0.2) is 0 Å². The van der Waals surface area contributed by atoms with Crippen molar-refractivity contribution in [1.29, 1.82) is 0 Å². The summed E-state index contributed by atoms with van der Waals surface area (Å²) < 4.78 is 5.19. The van der Waals surface area contributed by atoms with E-state index in [4.69, 9.17) is 4.74 Å². The molecule has 20 heavy (non-hydrogen) atoms. The summed E-state index contributed by atoms with van der Waals surface area (Å²) in [7, 11) is 1.64. The van der Waals surface area contributed by atoms with Crippen LogP contribution in [0.1, 0.15) is 0 Å².